The lowest BCUT2D eigenvalue weighted by Gasteiger charge is -2.34. The summed E-state index contributed by atoms with van der Waals surface area (Å²) in [5.74, 6) is 2.01. The molecule has 1 amide bonds. The summed E-state index contributed by atoms with van der Waals surface area (Å²) in [4.78, 5) is 15.1. The zero-order valence-electron chi connectivity index (χ0n) is 13.8. The lowest BCUT2D eigenvalue weighted by Crippen LogP contribution is -2.44. The van der Waals surface area contributed by atoms with Gasteiger partial charge in [-0.2, -0.15) is 0 Å². The Bertz CT molecular complexity index is 538. The third-order valence-electron chi connectivity index (χ3n) is 5.40. The number of carbonyl (C=O) groups excluding carboxylic acids is 1. The zero-order chi connectivity index (χ0) is 15.6. The molecule has 0 unspecified atom stereocenters. The summed E-state index contributed by atoms with van der Waals surface area (Å²) in [7, 11) is 3.65. The minimum atomic E-state index is -0.345. The summed E-state index contributed by atoms with van der Waals surface area (Å²) in [6.07, 6.45) is 8.05. The van der Waals surface area contributed by atoms with Crippen LogP contribution >= 0.6 is 0 Å². The maximum atomic E-state index is 13.2. The highest BCUT2D eigenvalue weighted by Crippen LogP contribution is 2.44. The molecule has 3 heteroatoms. The number of rotatable bonds is 5. The first-order chi connectivity index (χ1) is 10.7. The molecule has 3 nitrogen and oxygen atoms in total. The molecule has 1 aliphatic carbocycles. The maximum absolute atomic E-state index is 13.2. The van der Waals surface area contributed by atoms with Crippen molar-refractivity contribution in [2.75, 3.05) is 20.7 Å². The van der Waals surface area contributed by atoms with Crippen molar-refractivity contribution in [2.45, 2.75) is 50.4 Å². The predicted molar refractivity (Wildman–Crippen MR) is 88.1 cm³/mol. The number of amides is 1. The number of nitrogens with zero attached hydrogens (tertiary/aromatic N) is 1. The maximum Gasteiger partial charge on any atom is 0.232 e. The van der Waals surface area contributed by atoms with Crippen molar-refractivity contribution in [1.82, 2.24) is 4.90 Å². The van der Waals surface area contributed by atoms with Crippen LogP contribution in [0.1, 0.15) is 50.5 Å². The van der Waals surface area contributed by atoms with Crippen LogP contribution in [0.4, 0.5) is 0 Å². The normalized spacial score (nSPS) is 25.9. The summed E-state index contributed by atoms with van der Waals surface area (Å²) >= 11 is 0. The minimum absolute atomic E-state index is 0.305. The third kappa shape index (κ3) is 2.99. The van der Waals surface area contributed by atoms with Crippen LogP contribution in [0.15, 0.2) is 24.3 Å². The molecule has 22 heavy (non-hydrogen) atoms. The molecule has 1 aliphatic heterocycles. The van der Waals surface area contributed by atoms with E-state index in [1.807, 2.05) is 24.1 Å². The smallest absolute Gasteiger partial charge is 0.232 e. The van der Waals surface area contributed by atoms with Crippen molar-refractivity contribution in [1.29, 1.82) is 0 Å². The van der Waals surface area contributed by atoms with Crippen molar-refractivity contribution in [3.63, 3.8) is 0 Å². The average Bonchev–Trinajstić information content (AvgIpc) is 3.38. The molecular formula is C19H27NO2. The molecular weight excluding hydrogens is 274 g/mol. The van der Waals surface area contributed by atoms with Crippen LogP contribution in [0.5, 0.6) is 5.75 Å². The number of benzene rings is 1. The van der Waals surface area contributed by atoms with Gasteiger partial charge in [-0.3, -0.25) is 4.79 Å². The second kappa shape index (κ2) is 6.31. The fourth-order valence-corrected chi connectivity index (χ4v) is 3.77. The van der Waals surface area contributed by atoms with Gasteiger partial charge >= 0.3 is 0 Å². The highest BCUT2D eigenvalue weighted by Gasteiger charge is 2.43. The summed E-state index contributed by atoms with van der Waals surface area (Å²) in [5, 5.41) is 0. The number of likely N-dealkylation sites (tertiary alicyclic amines) is 1. The molecule has 0 N–H and O–H groups in total. The lowest BCUT2D eigenvalue weighted by atomic mass is 9.72. The van der Waals surface area contributed by atoms with Gasteiger partial charge in [-0.1, -0.05) is 31.4 Å². The number of hydrogen-bond acceptors (Lipinski definition) is 2. The van der Waals surface area contributed by atoms with Gasteiger partial charge in [0, 0.05) is 13.6 Å². The van der Waals surface area contributed by atoms with Crippen molar-refractivity contribution in [3.8, 4) is 5.75 Å². The van der Waals surface area contributed by atoms with Gasteiger partial charge in [-0.15, -0.1) is 0 Å². The van der Waals surface area contributed by atoms with Crippen LogP contribution < -0.4 is 4.74 Å². The molecule has 2 aliphatic rings. The van der Waals surface area contributed by atoms with Crippen LogP contribution in [-0.4, -0.2) is 31.5 Å². The molecule has 2 fully saturated rings. The van der Waals surface area contributed by atoms with E-state index < -0.39 is 0 Å². The van der Waals surface area contributed by atoms with E-state index >= 15 is 0 Å². The van der Waals surface area contributed by atoms with Gasteiger partial charge in [0.2, 0.25) is 5.91 Å². The van der Waals surface area contributed by atoms with E-state index in [1.54, 1.807) is 7.11 Å². The molecule has 0 bridgehead atoms. The van der Waals surface area contributed by atoms with Crippen LogP contribution in [0.2, 0.25) is 0 Å². The van der Waals surface area contributed by atoms with Crippen molar-refractivity contribution in [2.24, 2.45) is 5.92 Å². The second-order valence-corrected chi connectivity index (χ2v) is 6.98. The summed E-state index contributed by atoms with van der Waals surface area (Å²) < 4.78 is 5.40. The molecule has 0 radical (unpaired) electrons. The number of ether oxygens (including phenoxy) is 1. The SMILES string of the molecule is COc1cccc([C@@]2(CCC3CC3)CCCCN(C)C2=O)c1. The van der Waals surface area contributed by atoms with Gasteiger partial charge in [0.1, 0.15) is 5.75 Å². The number of carbonyl (C=O) groups is 1. The van der Waals surface area contributed by atoms with Crippen LogP contribution in [-0.2, 0) is 10.2 Å². The third-order valence-corrected chi connectivity index (χ3v) is 5.40. The van der Waals surface area contributed by atoms with E-state index in [0.717, 1.165) is 49.5 Å². The Morgan fingerprint density at radius 2 is 2.14 bits per heavy atom. The first-order valence-electron chi connectivity index (χ1n) is 8.56. The van der Waals surface area contributed by atoms with Gasteiger partial charge in [0.25, 0.3) is 0 Å². The first kappa shape index (κ1) is 15.4. The lowest BCUT2D eigenvalue weighted by molar-refractivity contribution is -0.136. The molecule has 1 saturated heterocycles. The van der Waals surface area contributed by atoms with Gasteiger partial charge < -0.3 is 9.64 Å². The molecule has 0 aromatic heterocycles. The molecule has 120 valence electrons. The van der Waals surface area contributed by atoms with Crippen molar-refractivity contribution in [3.05, 3.63) is 29.8 Å². The monoisotopic (exact) mass is 301 g/mol. The summed E-state index contributed by atoms with van der Waals surface area (Å²) in [5.41, 5.74) is 0.800. The quantitative estimate of drug-likeness (QED) is 0.828. The summed E-state index contributed by atoms with van der Waals surface area (Å²) in [6.45, 7) is 0.883. The van der Waals surface area contributed by atoms with Crippen molar-refractivity contribution < 1.29 is 9.53 Å². The van der Waals surface area contributed by atoms with Gasteiger partial charge in [-0.25, -0.2) is 0 Å². The molecule has 1 saturated carbocycles. The van der Waals surface area contributed by atoms with E-state index in [9.17, 15) is 4.79 Å². The minimum Gasteiger partial charge on any atom is -0.497 e. The molecule has 0 spiro atoms. The molecule has 3 rings (SSSR count). The fourth-order valence-electron chi connectivity index (χ4n) is 3.77. The standard InChI is InChI=1S/C19H27NO2/c1-20-13-4-3-11-19(18(20)21,12-10-15-8-9-15)16-6-5-7-17(14-16)22-2/h5-7,14-15H,3-4,8-13H2,1-2H3/t19-/m0/s1. The number of methoxy groups -OCH3 is 1. The van der Waals surface area contributed by atoms with Crippen molar-refractivity contribution >= 4 is 5.91 Å². The van der Waals surface area contributed by atoms with Crippen LogP contribution in [0.25, 0.3) is 0 Å². The Labute approximate surface area is 133 Å². The molecule has 1 aromatic carbocycles. The Morgan fingerprint density at radius 3 is 2.86 bits per heavy atom. The van der Waals surface area contributed by atoms with Crippen LogP contribution in [0.3, 0.4) is 0 Å². The highest BCUT2D eigenvalue weighted by atomic mass is 16.5. The Morgan fingerprint density at radius 1 is 1.32 bits per heavy atom. The topological polar surface area (TPSA) is 29.5 Å². The second-order valence-electron chi connectivity index (χ2n) is 6.98. The molecule has 1 heterocycles. The average molecular weight is 301 g/mol. The number of likely N-dealkylation sites (N-methyl/N-ethyl adjacent to an activating group) is 1. The zero-order valence-corrected chi connectivity index (χ0v) is 13.8. The van der Waals surface area contributed by atoms with E-state index in [1.165, 1.54) is 19.3 Å². The van der Waals surface area contributed by atoms with Crippen LogP contribution in [0, 0.1) is 5.92 Å². The largest absolute Gasteiger partial charge is 0.497 e. The van der Waals surface area contributed by atoms with E-state index in [4.69, 9.17) is 4.74 Å². The predicted octanol–water partition coefficient (Wildman–Crippen LogP) is 3.77. The molecule has 1 atom stereocenters. The Balaban J connectivity index is 1.97. The number of hydrogen-bond donors (Lipinski definition) is 0. The van der Waals surface area contributed by atoms with Gasteiger partial charge in [0.05, 0.1) is 12.5 Å². The Hall–Kier alpha value is -1.51. The first-order valence-corrected chi connectivity index (χ1v) is 8.56. The van der Waals surface area contributed by atoms with E-state index in [-0.39, 0.29) is 5.41 Å². The van der Waals surface area contributed by atoms with Gasteiger partial charge in [0.15, 0.2) is 0 Å². The molecule has 1 aromatic rings. The highest BCUT2D eigenvalue weighted by molar-refractivity contribution is 5.88. The van der Waals surface area contributed by atoms with Gasteiger partial charge in [-0.05, 0) is 49.3 Å². The Kier molecular flexibility index (Phi) is 4.42. The van der Waals surface area contributed by atoms with E-state index in [0.29, 0.717) is 5.91 Å². The van der Waals surface area contributed by atoms with E-state index in [2.05, 4.69) is 12.1 Å². The fraction of sp³-hybridized carbons (Fsp3) is 0.632. The summed E-state index contributed by atoms with van der Waals surface area (Å²) in [6, 6.07) is 8.17.